The van der Waals surface area contributed by atoms with Gasteiger partial charge in [0.05, 0.1) is 24.3 Å². The molecule has 158 valence electrons. The van der Waals surface area contributed by atoms with Crippen LogP contribution in [0.15, 0.2) is 36.4 Å². The van der Waals surface area contributed by atoms with Gasteiger partial charge in [0.2, 0.25) is 5.82 Å². The average Bonchev–Trinajstić information content (AvgIpc) is 2.78. The summed E-state index contributed by atoms with van der Waals surface area (Å²) in [6, 6.07) is 9.96. The lowest BCUT2D eigenvalue weighted by Crippen LogP contribution is -2.33. The Bertz CT molecular complexity index is 918. The van der Waals surface area contributed by atoms with Crippen LogP contribution in [0.1, 0.15) is 47.4 Å². The molecule has 0 amide bonds. The van der Waals surface area contributed by atoms with Crippen molar-refractivity contribution in [2.75, 3.05) is 19.8 Å². The predicted molar refractivity (Wildman–Crippen MR) is 102 cm³/mol. The summed E-state index contributed by atoms with van der Waals surface area (Å²) in [6.45, 7) is 3.32. The molecule has 1 aliphatic rings. The summed E-state index contributed by atoms with van der Waals surface area (Å²) in [5.41, 5.74) is 0.485. The molecule has 0 aromatic heterocycles. The largest absolute Gasteiger partial charge is 0.420 e. The number of rotatable bonds is 7. The highest BCUT2D eigenvalue weighted by Crippen LogP contribution is 2.26. The van der Waals surface area contributed by atoms with Crippen LogP contribution in [0.4, 0.5) is 8.78 Å². The number of carbonyl (C=O) groups excluding carboxylic acids is 1. The van der Waals surface area contributed by atoms with E-state index in [1.54, 1.807) is 12.1 Å². The third-order valence-corrected chi connectivity index (χ3v) is 4.56. The standard InChI is InChI=1S/C22H21F2NO5/c1-2-3-10-27-19-13-28-18(12-29-19)14-4-6-15(7-5-14)22(26)30-17-9-8-16(11-25)20(23)21(17)24/h4-9,18-19H,2-3,10,12-13H2,1H3. The van der Waals surface area contributed by atoms with E-state index < -0.39 is 28.9 Å². The zero-order valence-corrected chi connectivity index (χ0v) is 16.4. The van der Waals surface area contributed by atoms with Crippen LogP contribution in [0.3, 0.4) is 0 Å². The Balaban J connectivity index is 1.58. The Morgan fingerprint density at radius 2 is 1.90 bits per heavy atom. The van der Waals surface area contributed by atoms with Gasteiger partial charge in [0.25, 0.3) is 0 Å². The van der Waals surface area contributed by atoms with Crippen molar-refractivity contribution in [3.05, 3.63) is 64.7 Å². The van der Waals surface area contributed by atoms with Crippen LogP contribution >= 0.6 is 0 Å². The normalized spacial score (nSPS) is 18.6. The second kappa shape index (κ2) is 10.3. The molecule has 2 atom stereocenters. The molecular weight excluding hydrogens is 396 g/mol. The number of ether oxygens (including phenoxy) is 4. The molecule has 1 fully saturated rings. The minimum absolute atomic E-state index is 0.153. The Morgan fingerprint density at radius 3 is 2.53 bits per heavy atom. The molecule has 0 aliphatic carbocycles. The maximum atomic E-state index is 13.9. The van der Waals surface area contributed by atoms with E-state index in [1.165, 1.54) is 18.2 Å². The highest BCUT2D eigenvalue weighted by Gasteiger charge is 2.24. The van der Waals surface area contributed by atoms with Gasteiger partial charge < -0.3 is 18.9 Å². The third kappa shape index (κ3) is 5.19. The number of halogens is 2. The lowest BCUT2D eigenvalue weighted by Gasteiger charge is -2.29. The molecule has 0 spiro atoms. The van der Waals surface area contributed by atoms with E-state index in [1.807, 2.05) is 0 Å². The molecule has 8 heteroatoms. The lowest BCUT2D eigenvalue weighted by molar-refractivity contribution is -0.236. The van der Waals surface area contributed by atoms with E-state index >= 15 is 0 Å². The summed E-state index contributed by atoms with van der Waals surface area (Å²) in [6.07, 6.45) is 1.31. The second-order valence-electron chi connectivity index (χ2n) is 6.67. The van der Waals surface area contributed by atoms with Crippen LogP contribution in [-0.4, -0.2) is 32.1 Å². The van der Waals surface area contributed by atoms with E-state index in [9.17, 15) is 13.6 Å². The summed E-state index contributed by atoms with van der Waals surface area (Å²) >= 11 is 0. The number of hydrogen-bond donors (Lipinski definition) is 0. The number of nitriles is 1. The molecule has 1 heterocycles. The zero-order valence-electron chi connectivity index (χ0n) is 16.4. The zero-order chi connectivity index (χ0) is 21.5. The smallest absolute Gasteiger partial charge is 0.343 e. The topological polar surface area (TPSA) is 77.8 Å². The number of esters is 1. The van der Waals surface area contributed by atoms with Crippen molar-refractivity contribution in [3.8, 4) is 11.8 Å². The summed E-state index contributed by atoms with van der Waals surface area (Å²) in [7, 11) is 0. The van der Waals surface area contributed by atoms with Crippen LogP contribution in [0.5, 0.6) is 5.75 Å². The minimum atomic E-state index is -1.39. The number of unbranched alkanes of at least 4 members (excludes halogenated alkanes) is 1. The summed E-state index contributed by atoms with van der Waals surface area (Å²) in [5.74, 6) is -4.18. The summed E-state index contributed by atoms with van der Waals surface area (Å²) < 4.78 is 49.5. The fourth-order valence-corrected chi connectivity index (χ4v) is 2.82. The van der Waals surface area contributed by atoms with Crippen molar-refractivity contribution in [2.24, 2.45) is 0 Å². The van der Waals surface area contributed by atoms with E-state index in [0.717, 1.165) is 30.5 Å². The van der Waals surface area contributed by atoms with Crippen LogP contribution in [0.2, 0.25) is 0 Å². The van der Waals surface area contributed by atoms with Gasteiger partial charge in [0, 0.05) is 6.61 Å². The molecule has 1 saturated heterocycles. The predicted octanol–water partition coefficient (Wildman–Crippen LogP) is 4.29. The third-order valence-electron chi connectivity index (χ3n) is 4.56. The molecule has 1 aliphatic heterocycles. The monoisotopic (exact) mass is 417 g/mol. The van der Waals surface area contributed by atoms with Gasteiger partial charge in [-0.15, -0.1) is 0 Å². The first-order chi connectivity index (χ1) is 14.5. The highest BCUT2D eigenvalue weighted by molar-refractivity contribution is 5.91. The Kier molecular flexibility index (Phi) is 7.46. The average molecular weight is 417 g/mol. The molecule has 30 heavy (non-hydrogen) atoms. The first kappa shape index (κ1) is 21.8. The fourth-order valence-electron chi connectivity index (χ4n) is 2.82. The molecule has 0 N–H and O–H groups in total. The van der Waals surface area contributed by atoms with Gasteiger partial charge in [-0.1, -0.05) is 25.5 Å². The van der Waals surface area contributed by atoms with Crippen molar-refractivity contribution < 1.29 is 32.5 Å². The SMILES string of the molecule is CCCCOC1COC(c2ccc(C(=O)Oc3ccc(C#N)c(F)c3F)cc2)CO1. The van der Waals surface area contributed by atoms with E-state index in [-0.39, 0.29) is 18.0 Å². The van der Waals surface area contributed by atoms with Gasteiger partial charge in [-0.3, -0.25) is 0 Å². The minimum Gasteiger partial charge on any atom is -0.420 e. The molecule has 6 nitrogen and oxygen atoms in total. The fraction of sp³-hybridized carbons (Fsp3) is 0.364. The molecule has 2 aromatic carbocycles. The maximum Gasteiger partial charge on any atom is 0.343 e. The van der Waals surface area contributed by atoms with E-state index in [0.29, 0.717) is 19.8 Å². The Hall–Kier alpha value is -2.86. The Labute approximate surface area is 172 Å². The first-order valence-corrected chi connectivity index (χ1v) is 9.58. The maximum absolute atomic E-state index is 13.9. The van der Waals surface area contributed by atoms with Crippen LogP contribution < -0.4 is 4.74 Å². The summed E-state index contributed by atoms with van der Waals surface area (Å²) in [4.78, 5) is 12.2. The first-order valence-electron chi connectivity index (χ1n) is 9.58. The van der Waals surface area contributed by atoms with Crippen molar-refractivity contribution in [3.63, 3.8) is 0 Å². The van der Waals surface area contributed by atoms with Crippen molar-refractivity contribution in [2.45, 2.75) is 32.2 Å². The highest BCUT2D eigenvalue weighted by atomic mass is 19.2. The van der Waals surface area contributed by atoms with E-state index in [4.69, 9.17) is 24.2 Å². The number of benzene rings is 2. The number of nitrogens with zero attached hydrogens (tertiary/aromatic N) is 1. The molecule has 2 aromatic rings. The molecule has 3 rings (SSSR count). The van der Waals surface area contributed by atoms with Crippen molar-refractivity contribution in [1.82, 2.24) is 0 Å². The van der Waals surface area contributed by atoms with E-state index in [2.05, 4.69) is 6.92 Å². The molecular formula is C22H21F2NO5. The van der Waals surface area contributed by atoms with Gasteiger partial charge >= 0.3 is 5.97 Å². The van der Waals surface area contributed by atoms with Gasteiger partial charge in [0.15, 0.2) is 17.9 Å². The van der Waals surface area contributed by atoms with Gasteiger partial charge in [0.1, 0.15) is 12.2 Å². The summed E-state index contributed by atoms with van der Waals surface area (Å²) in [5, 5.41) is 8.70. The van der Waals surface area contributed by atoms with Crippen LogP contribution in [-0.2, 0) is 14.2 Å². The number of carbonyl (C=O) groups is 1. The van der Waals surface area contributed by atoms with Gasteiger partial charge in [-0.05, 0) is 36.2 Å². The van der Waals surface area contributed by atoms with Crippen molar-refractivity contribution >= 4 is 5.97 Å². The molecule has 0 radical (unpaired) electrons. The molecule has 0 bridgehead atoms. The van der Waals surface area contributed by atoms with Crippen LogP contribution in [0.25, 0.3) is 0 Å². The quantitative estimate of drug-likeness (QED) is 0.380. The molecule has 2 unspecified atom stereocenters. The molecule has 0 saturated carbocycles. The van der Waals surface area contributed by atoms with Gasteiger partial charge in [-0.2, -0.15) is 9.65 Å². The van der Waals surface area contributed by atoms with Crippen LogP contribution in [0, 0.1) is 23.0 Å². The lowest BCUT2D eigenvalue weighted by atomic mass is 10.1. The second-order valence-corrected chi connectivity index (χ2v) is 6.67. The number of hydrogen-bond acceptors (Lipinski definition) is 6. The van der Waals surface area contributed by atoms with Crippen molar-refractivity contribution in [1.29, 1.82) is 5.26 Å². The Morgan fingerprint density at radius 1 is 1.13 bits per heavy atom. The van der Waals surface area contributed by atoms with Gasteiger partial charge in [-0.25, -0.2) is 9.18 Å².